The van der Waals surface area contributed by atoms with E-state index in [9.17, 15) is 0 Å². The molecule has 98 valence electrons. The Morgan fingerprint density at radius 2 is 2.06 bits per heavy atom. The molecule has 0 spiro atoms. The van der Waals surface area contributed by atoms with Crippen molar-refractivity contribution in [2.24, 2.45) is 17.7 Å². The standard InChI is InChI=1S/C12H19N5S/c1-18-12-14-10(16-13)5-11(15-12)17-6-8-3-2-4-9(8)7-17/h5,8-9H,2-4,6-7,13H2,1H3,(H,14,15,16). The molecule has 2 aliphatic rings. The van der Waals surface area contributed by atoms with Crippen LogP contribution in [0.15, 0.2) is 11.2 Å². The molecule has 1 aliphatic carbocycles. The smallest absolute Gasteiger partial charge is 0.191 e. The summed E-state index contributed by atoms with van der Waals surface area (Å²) in [5, 5.41) is 0.775. The first kappa shape index (κ1) is 12.0. The van der Waals surface area contributed by atoms with Gasteiger partial charge in [0.05, 0.1) is 0 Å². The fourth-order valence-electron chi connectivity index (χ4n) is 3.16. The molecule has 18 heavy (non-hydrogen) atoms. The molecule has 0 radical (unpaired) electrons. The van der Waals surface area contributed by atoms with Gasteiger partial charge in [-0.25, -0.2) is 15.8 Å². The zero-order chi connectivity index (χ0) is 12.5. The first-order chi connectivity index (χ1) is 8.80. The monoisotopic (exact) mass is 265 g/mol. The number of aromatic nitrogens is 2. The minimum atomic E-state index is 0.696. The zero-order valence-electron chi connectivity index (χ0n) is 10.6. The molecule has 0 amide bonds. The van der Waals surface area contributed by atoms with Gasteiger partial charge in [0.25, 0.3) is 0 Å². The van der Waals surface area contributed by atoms with E-state index in [1.54, 1.807) is 11.8 Å². The van der Waals surface area contributed by atoms with Crippen LogP contribution >= 0.6 is 11.8 Å². The molecular formula is C12H19N5S. The molecule has 2 atom stereocenters. The number of fused-ring (bicyclic) bond motifs is 1. The molecule has 5 nitrogen and oxygen atoms in total. The van der Waals surface area contributed by atoms with Gasteiger partial charge in [-0.1, -0.05) is 18.2 Å². The maximum absolute atomic E-state index is 5.46. The summed E-state index contributed by atoms with van der Waals surface area (Å²) in [5.74, 6) is 8.91. The van der Waals surface area contributed by atoms with Crippen molar-refractivity contribution in [3.63, 3.8) is 0 Å². The second-order valence-corrected chi connectivity index (χ2v) is 5.87. The lowest BCUT2D eigenvalue weighted by Crippen LogP contribution is -2.23. The van der Waals surface area contributed by atoms with E-state index in [1.807, 2.05) is 12.3 Å². The summed E-state index contributed by atoms with van der Waals surface area (Å²) in [6.07, 6.45) is 6.14. The van der Waals surface area contributed by atoms with Crippen molar-refractivity contribution in [2.45, 2.75) is 24.4 Å². The number of rotatable bonds is 3. The predicted molar refractivity (Wildman–Crippen MR) is 74.7 cm³/mol. The fraction of sp³-hybridized carbons (Fsp3) is 0.667. The quantitative estimate of drug-likeness (QED) is 0.375. The Labute approximate surface area is 112 Å². The number of nitrogen functional groups attached to an aromatic ring is 1. The molecule has 3 N–H and O–H groups in total. The van der Waals surface area contributed by atoms with Gasteiger partial charge in [0, 0.05) is 19.2 Å². The van der Waals surface area contributed by atoms with Gasteiger partial charge in [-0.3, -0.25) is 0 Å². The summed E-state index contributed by atoms with van der Waals surface area (Å²) in [7, 11) is 0. The van der Waals surface area contributed by atoms with Gasteiger partial charge in [0.1, 0.15) is 11.6 Å². The van der Waals surface area contributed by atoms with Gasteiger partial charge < -0.3 is 10.3 Å². The highest BCUT2D eigenvalue weighted by atomic mass is 32.2. The number of nitrogens with one attached hydrogen (secondary N) is 1. The van der Waals surface area contributed by atoms with Crippen LogP contribution in [0.5, 0.6) is 0 Å². The van der Waals surface area contributed by atoms with Crippen LogP contribution < -0.4 is 16.2 Å². The van der Waals surface area contributed by atoms with Gasteiger partial charge in [-0.05, 0) is 30.9 Å². The molecule has 0 bridgehead atoms. The number of hydrazine groups is 1. The summed E-state index contributed by atoms with van der Waals surface area (Å²) in [6.45, 7) is 2.28. The zero-order valence-corrected chi connectivity index (χ0v) is 11.4. The highest BCUT2D eigenvalue weighted by molar-refractivity contribution is 7.98. The second kappa shape index (κ2) is 4.93. The third kappa shape index (κ3) is 2.14. The molecule has 2 unspecified atom stereocenters. The average molecular weight is 265 g/mol. The van der Waals surface area contributed by atoms with Crippen molar-refractivity contribution >= 4 is 23.4 Å². The van der Waals surface area contributed by atoms with Gasteiger partial charge in [-0.2, -0.15) is 0 Å². The molecule has 3 rings (SSSR count). The Balaban J connectivity index is 1.83. The summed E-state index contributed by atoms with van der Waals surface area (Å²) in [6, 6.07) is 1.95. The van der Waals surface area contributed by atoms with E-state index in [1.165, 1.54) is 19.3 Å². The van der Waals surface area contributed by atoms with E-state index >= 15 is 0 Å². The highest BCUT2D eigenvalue weighted by Gasteiger charge is 2.36. The third-order valence-electron chi connectivity index (χ3n) is 4.07. The van der Waals surface area contributed by atoms with E-state index in [-0.39, 0.29) is 0 Å². The largest absolute Gasteiger partial charge is 0.356 e. The molecule has 6 heteroatoms. The third-order valence-corrected chi connectivity index (χ3v) is 4.62. The van der Waals surface area contributed by atoms with Crippen LogP contribution in [0.4, 0.5) is 11.6 Å². The second-order valence-electron chi connectivity index (χ2n) is 5.10. The molecule has 1 saturated heterocycles. The average Bonchev–Trinajstić information content (AvgIpc) is 2.98. The van der Waals surface area contributed by atoms with E-state index < -0.39 is 0 Å². The SMILES string of the molecule is CSc1nc(NN)cc(N2CC3CCCC3C2)n1. The van der Waals surface area contributed by atoms with Crippen molar-refractivity contribution in [2.75, 3.05) is 29.7 Å². The maximum atomic E-state index is 5.46. The van der Waals surface area contributed by atoms with E-state index in [2.05, 4.69) is 20.3 Å². The van der Waals surface area contributed by atoms with Crippen molar-refractivity contribution in [3.05, 3.63) is 6.07 Å². The lowest BCUT2D eigenvalue weighted by Gasteiger charge is -2.19. The van der Waals surface area contributed by atoms with Crippen molar-refractivity contribution in [3.8, 4) is 0 Å². The van der Waals surface area contributed by atoms with E-state index in [0.717, 1.165) is 35.9 Å². The Bertz CT molecular complexity index is 404. The molecule has 2 fully saturated rings. The Morgan fingerprint density at radius 1 is 1.33 bits per heavy atom. The van der Waals surface area contributed by atoms with E-state index in [0.29, 0.717) is 5.82 Å². The van der Waals surface area contributed by atoms with Crippen LogP contribution in [0.2, 0.25) is 0 Å². The molecule has 1 aliphatic heterocycles. The van der Waals surface area contributed by atoms with Crippen molar-refractivity contribution in [1.29, 1.82) is 0 Å². The summed E-state index contributed by atoms with van der Waals surface area (Å²) in [5.41, 5.74) is 2.62. The van der Waals surface area contributed by atoms with Crippen molar-refractivity contribution < 1.29 is 0 Å². The number of nitrogens with two attached hydrogens (primary N) is 1. The lowest BCUT2D eigenvalue weighted by atomic mass is 10.0. The summed E-state index contributed by atoms with van der Waals surface area (Å²) >= 11 is 1.55. The fourth-order valence-corrected chi connectivity index (χ4v) is 3.54. The topological polar surface area (TPSA) is 67.1 Å². The van der Waals surface area contributed by atoms with Gasteiger partial charge in [-0.15, -0.1) is 0 Å². The van der Waals surface area contributed by atoms with Crippen LogP contribution in [0.25, 0.3) is 0 Å². The molecule has 0 aromatic carbocycles. The summed E-state index contributed by atoms with van der Waals surface area (Å²) < 4.78 is 0. The lowest BCUT2D eigenvalue weighted by molar-refractivity contribution is 0.494. The van der Waals surface area contributed by atoms with Crippen LogP contribution in [-0.4, -0.2) is 29.3 Å². The summed E-state index contributed by atoms with van der Waals surface area (Å²) in [4.78, 5) is 11.3. The Kier molecular flexibility index (Phi) is 3.30. The van der Waals surface area contributed by atoms with Crippen LogP contribution in [0.3, 0.4) is 0 Å². The number of thioether (sulfide) groups is 1. The van der Waals surface area contributed by atoms with Crippen molar-refractivity contribution in [1.82, 2.24) is 9.97 Å². The molecule has 2 heterocycles. The number of anilines is 2. The Morgan fingerprint density at radius 3 is 2.67 bits per heavy atom. The molecular weight excluding hydrogens is 246 g/mol. The maximum Gasteiger partial charge on any atom is 0.191 e. The molecule has 1 aromatic heterocycles. The predicted octanol–water partition coefficient (Wildman–Crippen LogP) is 1.72. The highest BCUT2D eigenvalue weighted by Crippen LogP contribution is 2.39. The minimum Gasteiger partial charge on any atom is -0.356 e. The number of hydrogen-bond acceptors (Lipinski definition) is 6. The first-order valence-corrected chi connectivity index (χ1v) is 7.67. The van der Waals surface area contributed by atoms with E-state index in [4.69, 9.17) is 5.84 Å². The van der Waals surface area contributed by atoms with Crippen LogP contribution in [0, 0.1) is 11.8 Å². The molecule has 1 saturated carbocycles. The minimum absolute atomic E-state index is 0.696. The van der Waals surface area contributed by atoms with Gasteiger partial charge >= 0.3 is 0 Å². The van der Waals surface area contributed by atoms with Gasteiger partial charge in [0.15, 0.2) is 5.16 Å². The number of hydrogen-bond donors (Lipinski definition) is 2. The van der Waals surface area contributed by atoms with Gasteiger partial charge in [0.2, 0.25) is 0 Å². The molecule has 1 aromatic rings. The van der Waals surface area contributed by atoms with Crippen LogP contribution in [0.1, 0.15) is 19.3 Å². The van der Waals surface area contributed by atoms with Crippen LogP contribution in [-0.2, 0) is 0 Å². The Hall–Kier alpha value is -1.01. The first-order valence-electron chi connectivity index (χ1n) is 6.45. The normalized spacial score (nSPS) is 26.4. The number of nitrogens with zero attached hydrogens (tertiary/aromatic N) is 3.